The number of Topliss-reactive ketones (excluding diaryl/α,β-unsaturated/α-hetero) is 1. The summed E-state index contributed by atoms with van der Waals surface area (Å²) in [7, 11) is 4.33. The average Bonchev–Trinajstić information content (AvgIpc) is 2.66. The molecule has 0 N–H and O–H groups in total. The van der Waals surface area contributed by atoms with Gasteiger partial charge in [0.1, 0.15) is 13.1 Å². The quantitative estimate of drug-likeness (QED) is 0.369. The second kappa shape index (κ2) is 10.3. The third kappa shape index (κ3) is 6.43. The Hall–Kier alpha value is -2.24. The van der Waals surface area contributed by atoms with Gasteiger partial charge in [-0.15, -0.1) is 0 Å². The first-order chi connectivity index (χ1) is 13.0. The predicted octanol–water partition coefficient (Wildman–Crippen LogP) is 1.93. The molecule has 0 unspecified atom stereocenters. The Bertz CT molecular complexity index is 833. The summed E-state index contributed by atoms with van der Waals surface area (Å²) < 4.78 is 0.780. The maximum absolute atomic E-state index is 12.9. The van der Waals surface area contributed by atoms with Gasteiger partial charge in [0, 0.05) is 0 Å². The van der Waals surface area contributed by atoms with Crippen LogP contribution in [0.15, 0.2) is 96.1 Å². The second-order valence-corrected chi connectivity index (χ2v) is 7.50. The molecule has 2 aromatic carbocycles. The summed E-state index contributed by atoms with van der Waals surface area (Å²) in [6.07, 6.45) is 11.9. The molecule has 0 bridgehead atoms. The Labute approximate surface area is 185 Å². The molecule has 0 spiro atoms. The third-order valence-electron chi connectivity index (χ3n) is 4.55. The minimum absolute atomic E-state index is 0. The van der Waals surface area contributed by atoms with Crippen molar-refractivity contribution in [1.29, 1.82) is 0 Å². The van der Waals surface area contributed by atoms with Gasteiger partial charge in [-0.05, 0) is 23.3 Å². The number of hydrogen-bond donors (Lipinski definition) is 0. The predicted molar refractivity (Wildman–Crippen MR) is 114 cm³/mol. The molecule has 0 radical (unpaired) electrons. The fraction of sp³-hybridized carbons (Fsp3) is 0.160. The zero-order chi connectivity index (χ0) is 19.1. The molecule has 144 valence electrons. The van der Waals surface area contributed by atoms with Gasteiger partial charge in [0.15, 0.2) is 5.78 Å². The van der Waals surface area contributed by atoms with Gasteiger partial charge in [-0.1, -0.05) is 85.0 Å². The third-order valence-corrected chi connectivity index (χ3v) is 4.55. The van der Waals surface area contributed by atoms with E-state index in [2.05, 4.69) is 38.4 Å². The van der Waals surface area contributed by atoms with E-state index < -0.39 is 0 Å². The van der Waals surface area contributed by atoms with E-state index in [9.17, 15) is 4.79 Å². The van der Waals surface area contributed by atoms with Crippen LogP contribution in [0.5, 0.6) is 0 Å². The normalized spacial score (nSPS) is 19.4. The smallest absolute Gasteiger partial charge is 0.196 e. The molecule has 1 aliphatic heterocycles. The highest BCUT2D eigenvalue weighted by atomic mass is 127. The van der Waals surface area contributed by atoms with Crippen molar-refractivity contribution in [2.75, 3.05) is 27.2 Å². The van der Waals surface area contributed by atoms with Crippen LogP contribution in [0.2, 0.25) is 0 Å². The molecule has 0 saturated carbocycles. The molecule has 3 rings (SSSR count). The number of benzene rings is 2. The Balaban J connectivity index is 0.00000280. The number of carbonyl (C=O) groups is 1. The van der Waals surface area contributed by atoms with E-state index >= 15 is 0 Å². The van der Waals surface area contributed by atoms with Gasteiger partial charge in [-0.3, -0.25) is 4.79 Å². The lowest BCUT2D eigenvalue weighted by Crippen LogP contribution is -3.00. The van der Waals surface area contributed by atoms with Crippen LogP contribution in [0.1, 0.15) is 11.1 Å². The molecule has 28 heavy (non-hydrogen) atoms. The number of quaternary nitrogens is 1. The van der Waals surface area contributed by atoms with Crippen LogP contribution in [0.4, 0.5) is 0 Å². The molecule has 1 saturated heterocycles. The lowest BCUT2D eigenvalue weighted by atomic mass is 9.95. The van der Waals surface area contributed by atoms with E-state index in [1.807, 2.05) is 72.9 Å². The number of ketones is 1. The second-order valence-electron chi connectivity index (χ2n) is 7.50. The standard InChI is InChI=1S/C25H26NO.HI/c1-26(2)19-23(17-9-15-21-11-5-3-6-12-21)25(27)24(20-26)18-10-16-22-13-7-4-8-14-22;/h3-18H,19-20H2,1-2H3;1H/q+1;/p-1. The molecule has 1 heterocycles. The summed E-state index contributed by atoms with van der Waals surface area (Å²) in [6, 6.07) is 20.3. The number of halogens is 1. The topological polar surface area (TPSA) is 17.1 Å². The van der Waals surface area contributed by atoms with Gasteiger partial charge in [0.2, 0.25) is 0 Å². The number of likely N-dealkylation sites (N-methyl/N-ethyl adjacent to an activating group) is 1. The molecule has 0 amide bonds. The minimum atomic E-state index is 0. The fourth-order valence-corrected chi connectivity index (χ4v) is 3.26. The molecule has 0 aliphatic carbocycles. The van der Waals surface area contributed by atoms with Gasteiger partial charge in [0.25, 0.3) is 0 Å². The largest absolute Gasteiger partial charge is 1.00 e. The lowest BCUT2D eigenvalue weighted by Gasteiger charge is -2.35. The van der Waals surface area contributed by atoms with Gasteiger partial charge in [-0.25, -0.2) is 0 Å². The van der Waals surface area contributed by atoms with Gasteiger partial charge in [0.05, 0.1) is 25.2 Å². The van der Waals surface area contributed by atoms with Crippen LogP contribution >= 0.6 is 0 Å². The highest BCUT2D eigenvalue weighted by Crippen LogP contribution is 2.21. The zero-order valence-electron chi connectivity index (χ0n) is 16.4. The maximum atomic E-state index is 12.9. The molecular formula is C25H26INO. The van der Waals surface area contributed by atoms with Gasteiger partial charge < -0.3 is 28.5 Å². The Kier molecular flexibility index (Phi) is 8.15. The van der Waals surface area contributed by atoms with Gasteiger partial charge in [-0.2, -0.15) is 0 Å². The van der Waals surface area contributed by atoms with Crippen molar-refractivity contribution in [3.63, 3.8) is 0 Å². The Morgan fingerprint density at radius 2 is 1.11 bits per heavy atom. The number of nitrogens with zero attached hydrogens (tertiary/aromatic N) is 1. The van der Waals surface area contributed by atoms with Crippen molar-refractivity contribution in [3.8, 4) is 0 Å². The summed E-state index contributed by atoms with van der Waals surface area (Å²) in [4.78, 5) is 12.9. The molecule has 2 nitrogen and oxygen atoms in total. The molecule has 1 fully saturated rings. The van der Waals surface area contributed by atoms with E-state index in [-0.39, 0.29) is 29.8 Å². The minimum Gasteiger partial charge on any atom is -1.00 e. The number of allylic oxidation sites excluding steroid dienone is 4. The van der Waals surface area contributed by atoms with E-state index in [0.29, 0.717) is 0 Å². The zero-order valence-corrected chi connectivity index (χ0v) is 18.5. The first-order valence-electron chi connectivity index (χ1n) is 9.25. The number of hydrogen-bond acceptors (Lipinski definition) is 1. The Morgan fingerprint density at radius 3 is 1.50 bits per heavy atom. The van der Waals surface area contributed by atoms with E-state index in [0.717, 1.165) is 39.8 Å². The number of rotatable bonds is 4. The van der Waals surface area contributed by atoms with Crippen LogP contribution in [-0.4, -0.2) is 37.5 Å². The van der Waals surface area contributed by atoms with Crippen LogP contribution < -0.4 is 24.0 Å². The first kappa shape index (κ1) is 22.1. The fourth-order valence-electron chi connectivity index (χ4n) is 3.26. The van der Waals surface area contributed by atoms with Crippen LogP contribution in [0, 0.1) is 0 Å². The monoisotopic (exact) mass is 483 g/mol. The summed E-state index contributed by atoms with van der Waals surface area (Å²) in [6.45, 7) is 1.50. The summed E-state index contributed by atoms with van der Waals surface area (Å²) in [5, 5.41) is 0. The average molecular weight is 483 g/mol. The van der Waals surface area contributed by atoms with E-state index in [1.54, 1.807) is 0 Å². The molecule has 0 aromatic heterocycles. The molecule has 1 aliphatic rings. The van der Waals surface area contributed by atoms with Gasteiger partial charge >= 0.3 is 0 Å². The number of piperidine rings is 1. The highest BCUT2D eigenvalue weighted by Gasteiger charge is 2.32. The summed E-state index contributed by atoms with van der Waals surface area (Å²) in [5.41, 5.74) is 3.98. The summed E-state index contributed by atoms with van der Waals surface area (Å²) >= 11 is 0. The molecule has 3 heteroatoms. The SMILES string of the molecule is C[N+]1(C)CC(=CC=Cc2ccccc2)C(=O)C(=CC=Cc2ccccc2)C1.[I-]. The van der Waals surface area contributed by atoms with Crippen molar-refractivity contribution >= 4 is 17.9 Å². The number of carbonyl (C=O) groups excluding carboxylic acids is 1. The summed E-state index contributed by atoms with van der Waals surface area (Å²) in [5.74, 6) is 0.155. The Morgan fingerprint density at radius 1 is 0.714 bits per heavy atom. The van der Waals surface area contributed by atoms with Crippen molar-refractivity contribution in [2.24, 2.45) is 0 Å². The van der Waals surface area contributed by atoms with Crippen molar-refractivity contribution in [2.45, 2.75) is 0 Å². The molecular weight excluding hydrogens is 457 g/mol. The van der Waals surface area contributed by atoms with Crippen LogP contribution in [0.25, 0.3) is 12.2 Å². The van der Waals surface area contributed by atoms with Crippen LogP contribution in [-0.2, 0) is 4.79 Å². The number of likely N-dealkylation sites (tertiary alicyclic amines) is 1. The van der Waals surface area contributed by atoms with Crippen molar-refractivity contribution in [3.05, 3.63) is 107 Å². The molecule has 2 aromatic rings. The van der Waals surface area contributed by atoms with Crippen molar-refractivity contribution < 1.29 is 33.3 Å². The first-order valence-corrected chi connectivity index (χ1v) is 9.25. The molecule has 0 atom stereocenters. The van der Waals surface area contributed by atoms with Crippen LogP contribution in [0.3, 0.4) is 0 Å². The van der Waals surface area contributed by atoms with E-state index in [4.69, 9.17) is 0 Å². The highest BCUT2D eigenvalue weighted by molar-refractivity contribution is 6.09. The van der Waals surface area contributed by atoms with Crippen molar-refractivity contribution in [1.82, 2.24) is 0 Å². The van der Waals surface area contributed by atoms with E-state index in [1.165, 1.54) is 0 Å². The maximum Gasteiger partial charge on any atom is 0.196 e. The lowest BCUT2D eigenvalue weighted by molar-refractivity contribution is -0.881.